The molecule has 2 aromatic heterocycles. The number of aryl methyl sites for hydroxylation is 2. The van der Waals surface area contributed by atoms with Crippen LogP contribution in [-0.2, 0) is 25.8 Å². The average molecular weight is 332 g/mol. The van der Waals surface area contributed by atoms with Crippen LogP contribution in [0.25, 0.3) is 10.9 Å². The third-order valence-electron chi connectivity index (χ3n) is 5.49. The predicted octanol–water partition coefficient (Wildman–Crippen LogP) is 3.04. The number of aromatic amines is 1. The molecule has 1 aromatic carbocycles. The molecular formula is C20H20N4O. The number of carbonyl (C=O) groups is 1. The normalized spacial score (nSPS) is 16.6. The smallest absolute Gasteiger partial charge is 0.254 e. The molecule has 5 nitrogen and oxygen atoms in total. The molecule has 5 heteroatoms. The molecule has 1 N–H and O–H groups in total. The number of amides is 1. The van der Waals surface area contributed by atoms with Gasteiger partial charge >= 0.3 is 0 Å². The molecule has 126 valence electrons. The van der Waals surface area contributed by atoms with Crippen LogP contribution in [0.3, 0.4) is 0 Å². The summed E-state index contributed by atoms with van der Waals surface area (Å²) in [5, 5.41) is 1.22. The number of nitrogens with zero attached hydrogens (tertiary/aromatic N) is 3. The zero-order valence-electron chi connectivity index (χ0n) is 14.1. The van der Waals surface area contributed by atoms with Gasteiger partial charge in [0.2, 0.25) is 0 Å². The van der Waals surface area contributed by atoms with Crippen LogP contribution in [0.4, 0.5) is 0 Å². The third-order valence-corrected chi connectivity index (χ3v) is 5.49. The molecule has 0 spiro atoms. The van der Waals surface area contributed by atoms with Crippen molar-refractivity contribution in [1.29, 1.82) is 0 Å². The number of benzene rings is 1. The van der Waals surface area contributed by atoms with E-state index >= 15 is 0 Å². The van der Waals surface area contributed by atoms with Crippen LogP contribution in [-0.4, -0.2) is 32.3 Å². The molecule has 0 radical (unpaired) electrons. The topological polar surface area (TPSA) is 61.9 Å². The Balaban J connectivity index is 1.48. The first kappa shape index (κ1) is 14.6. The van der Waals surface area contributed by atoms with Crippen LogP contribution >= 0.6 is 0 Å². The zero-order chi connectivity index (χ0) is 16.8. The van der Waals surface area contributed by atoms with Crippen molar-refractivity contribution in [2.24, 2.45) is 0 Å². The lowest BCUT2D eigenvalue weighted by atomic mass is 9.95. The maximum atomic E-state index is 13.0. The minimum absolute atomic E-state index is 0.0992. The molecule has 0 unspecified atom stereocenters. The highest BCUT2D eigenvalue weighted by Crippen LogP contribution is 2.30. The summed E-state index contributed by atoms with van der Waals surface area (Å²) >= 11 is 0. The second-order valence-electron chi connectivity index (χ2n) is 7.02. The standard InChI is InChI=1S/C20H20N4O/c25-20(24-8-7-17-14(11-24)10-21-12-22-17)13-5-6-19-16(9-13)15-3-1-2-4-18(15)23-19/h5-6,9-10,12,23H,1-4,7-8,11H2. The highest BCUT2D eigenvalue weighted by Gasteiger charge is 2.23. The number of rotatable bonds is 1. The van der Waals surface area contributed by atoms with E-state index in [0.29, 0.717) is 13.1 Å². The van der Waals surface area contributed by atoms with E-state index in [1.165, 1.54) is 29.5 Å². The summed E-state index contributed by atoms with van der Waals surface area (Å²) in [4.78, 5) is 26.9. The summed E-state index contributed by atoms with van der Waals surface area (Å²) in [6.07, 6.45) is 8.93. The van der Waals surface area contributed by atoms with Gasteiger partial charge < -0.3 is 9.88 Å². The third kappa shape index (κ3) is 2.42. The van der Waals surface area contributed by atoms with Gasteiger partial charge in [-0.3, -0.25) is 4.79 Å². The summed E-state index contributed by atoms with van der Waals surface area (Å²) in [6.45, 7) is 1.31. The van der Waals surface area contributed by atoms with Gasteiger partial charge in [-0.15, -0.1) is 0 Å². The van der Waals surface area contributed by atoms with E-state index in [9.17, 15) is 4.79 Å². The summed E-state index contributed by atoms with van der Waals surface area (Å²) in [5.74, 6) is 0.0992. The van der Waals surface area contributed by atoms with E-state index in [-0.39, 0.29) is 5.91 Å². The predicted molar refractivity (Wildman–Crippen MR) is 95.4 cm³/mol. The number of aromatic nitrogens is 3. The molecule has 3 heterocycles. The van der Waals surface area contributed by atoms with Gasteiger partial charge in [-0.25, -0.2) is 9.97 Å². The molecule has 0 saturated carbocycles. The number of nitrogens with one attached hydrogen (secondary N) is 1. The van der Waals surface area contributed by atoms with Crippen molar-refractivity contribution in [3.8, 4) is 0 Å². The van der Waals surface area contributed by atoms with E-state index in [1.807, 2.05) is 17.2 Å². The van der Waals surface area contributed by atoms with Gasteiger partial charge in [0.25, 0.3) is 5.91 Å². The Morgan fingerprint density at radius 3 is 3.04 bits per heavy atom. The maximum Gasteiger partial charge on any atom is 0.254 e. The van der Waals surface area contributed by atoms with Crippen molar-refractivity contribution in [1.82, 2.24) is 19.9 Å². The number of hydrogen-bond acceptors (Lipinski definition) is 3. The van der Waals surface area contributed by atoms with E-state index in [4.69, 9.17) is 0 Å². The Morgan fingerprint density at radius 1 is 1.16 bits per heavy atom. The van der Waals surface area contributed by atoms with Gasteiger partial charge in [-0.2, -0.15) is 0 Å². The van der Waals surface area contributed by atoms with Gasteiger partial charge in [0.15, 0.2) is 0 Å². The Bertz CT molecular complexity index is 975. The fourth-order valence-corrected chi connectivity index (χ4v) is 4.16. The van der Waals surface area contributed by atoms with E-state index in [2.05, 4.69) is 27.1 Å². The first-order valence-corrected chi connectivity index (χ1v) is 9.00. The Hall–Kier alpha value is -2.69. The molecule has 0 saturated heterocycles. The second-order valence-corrected chi connectivity index (χ2v) is 7.02. The van der Waals surface area contributed by atoms with Crippen molar-refractivity contribution < 1.29 is 4.79 Å². The molecule has 0 bridgehead atoms. The number of carbonyl (C=O) groups excluding carboxylic acids is 1. The highest BCUT2D eigenvalue weighted by molar-refractivity contribution is 5.99. The molecule has 3 aromatic rings. The van der Waals surface area contributed by atoms with Crippen LogP contribution < -0.4 is 0 Å². The average Bonchev–Trinajstić information content (AvgIpc) is 3.05. The van der Waals surface area contributed by atoms with Crippen LogP contribution in [0.1, 0.15) is 45.7 Å². The maximum absolute atomic E-state index is 13.0. The fraction of sp³-hybridized carbons (Fsp3) is 0.350. The molecule has 2 aliphatic rings. The monoisotopic (exact) mass is 332 g/mol. The van der Waals surface area contributed by atoms with Crippen molar-refractivity contribution >= 4 is 16.8 Å². The molecule has 5 rings (SSSR count). The molecule has 1 aliphatic heterocycles. The Labute approximate surface area is 146 Å². The lowest BCUT2D eigenvalue weighted by Gasteiger charge is -2.28. The quantitative estimate of drug-likeness (QED) is 0.745. The van der Waals surface area contributed by atoms with Crippen molar-refractivity contribution in [2.75, 3.05) is 6.54 Å². The first-order valence-electron chi connectivity index (χ1n) is 9.00. The molecule has 0 fully saturated rings. The second kappa shape index (κ2) is 5.69. The SMILES string of the molecule is O=C(c1ccc2[nH]c3c(c2c1)CCCC3)N1CCc2ncncc2C1. The summed E-state index contributed by atoms with van der Waals surface area (Å²) in [7, 11) is 0. The van der Waals surface area contributed by atoms with E-state index in [1.54, 1.807) is 6.33 Å². The number of H-pyrrole nitrogens is 1. The Morgan fingerprint density at radius 2 is 2.08 bits per heavy atom. The van der Waals surface area contributed by atoms with Gasteiger partial charge in [0, 0.05) is 53.4 Å². The lowest BCUT2D eigenvalue weighted by Crippen LogP contribution is -2.36. The minimum Gasteiger partial charge on any atom is -0.358 e. The largest absolute Gasteiger partial charge is 0.358 e. The number of hydrogen-bond donors (Lipinski definition) is 1. The highest BCUT2D eigenvalue weighted by atomic mass is 16.2. The van der Waals surface area contributed by atoms with Crippen molar-refractivity contribution in [2.45, 2.75) is 38.6 Å². The van der Waals surface area contributed by atoms with Crippen LogP contribution in [0, 0.1) is 0 Å². The summed E-state index contributed by atoms with van der Waals surface area (Å²) in [5.41, 5.74) is 6.82. The summed E-state index contributed by atoms with van der Waals surface area (Å²) < 4.78 is 0. The number of fused-ring (bicyclic) bond motifs is 4. The molecule has 25 heavy (non-hydrogen) atoms. The van der Waals surface area contributed by atoms with Gasteiger partial charge in [-0.05, 0) is 49.4 Å². The Kier molecular flexibility index (Phi) is 3.33. The van der Waals surface area contributed by atoms with Crippen molar-refractivity contribution in [3.05, 3.63) is 58.8 Å². The lowest BCUT2D eigenvalue weighted by molar-refractivity contribution is 0.0733. The van der Waals surface area contributed by atoms with Gasteiger partial charge in [-0.1, -0.05) is 0 Å². The van der Waals surface area contributed by atoms with Gasteiger partial charge in [0.1, 0.15) is 6.33 Å². The molecule has 1 amide bonds. The van der Waals surface area contributed by atoms with Crippen LogP contribution in [0.15, 0.2) is 30.7 Å². The fourth-order valence-electron chi connectivity index (χ4n) is 4.16. The molecule has 1 aliphatic carbocycles. The van der Waals surface area contributed by atoms with E-state index in [0.717, 1.165) is 41.6 Å². The molecular weight excluding hydrogens is 312 g/mol. The van der Waals surface area contributed by atoms with Gasteiger partial charge in [0.05, 0.1) is 5.69 Å². The first-order chi connectivity index (χ1) is 12.3. The van der Waals surface area contributed by atoms with E-state index < -0.39 is 0 Å². The zero-order valence-corrected chi connectivity index (χ0v) is 14.1. The van der Waals surface area contributed by atoms with Crippen molar-refractivity contribution in [3.63, 3.8) is 0 Å². The molecule has 0 atom stereocenters. The minimum atomic E-state index is 0.0992. The summed E-state index contributed by atoms with van der Waals surface area (Å²) in [6, 6.07) is 6.08. The van der Waals surface area contributed by atoms with Crippen LogP contribution in [0.2, 0.25) is 0 Å². The van der Waals surface area contributed by atoms with Crippen LogP contribution in [0.5, 0.6) is 0 Å².